The molecule has 0 radical (unpaired) electrons. The first-order chi connectivity index (χ1) is 5.49. The third kappa shape index (κ3) is 1.26. The standard InChI is InChI=1S/C9H14N2O/c1-5-7-8(6(2)12)10-11-9(7,3)4/h5,11H,1-4H3/b7-5-. The summed E-state index contributed by atoms with van der Waals surface area (Å²) in [5.74, 6) is 0.0150. The molecule has 0 saturated heterocycles. The van der Waals surface area contributed by atoms with Crippen molar-refractivity contribution in [3.8, 4) is 0 Å². The van der Waals surface area contributed by atoms with Crippen LogP contribution in [0.15, 0.2) is 16.8 Å². The van der Waals surface area contributed by atoms with Gasteiger partial charge >= 0.3 is 0 Å². The Hall–Kier alpha value is -1.12. The molecule has 0 bridgehead atoms. The second kappa shape index (κ2) is 2.73. The molecule has 3 heteroatoms. The zero-order chi connectivity index (χ0) is 9.35. The van der Waals surface area contributed by atoms with Gasteiger partial charge in [-0.05, 0) is 20.8 Å². The number of hydrogen-bond donors (Lipinski definition) is 1. The average molecular weight is 166 g/mol. The predicted molar refractivity (Wildman–Crippen MR) is 49.1 cm³/mol. The molecular formula is C9H14N2O. The average Bonchev–Trinajstić information content (AvgIpc) is 2.24. The van der Waals surface area contributed by atoms with Crippen molar-refractivity contribution in [3.63, 3.8) is 0 Å². The van der Waals surface area contributed by atoms with Crippen LogP contribution in [-0.2, 0) is 4.79 Å². The van der Waals surface area contributed by atoms with Crippen molar-refractivity contribution < 1.29 is 4.79 Å². The summed E-state index contributed by atoms with van der Waals surface area (Å²) in [7, 11) is 0. The van der Waals surface area contributed by atoms with E-state index < -0.39 is 0 Å². The van der Waals surface area contributed by atoms with E-state index in [1.54, 1.807) is 0 Å². The van der Waals surface area contributed by atoms with Crippen LogP contribution in [0.3, 0.4) is 0 Å². The Morgan fingerprint density at radius 2 is 2.17 bits per heavy atom. The van der Waals surface area contributed by atoms with Crippen molar-refractivity contribution in [2.75, 3.05) is 0 Å². The number of hydrazone groups is 1. The molecule has 0 spiro atoms. The fourth-order valence-corrected chi connectivity index (χ4v) is 1.38. The lowest BCUT2D eigenvalue weighted by atomic mass is 9.91. The summed E-state index contributed by atoms with van der Waals surface area (Å²) >= 11 is 0. The minimum atomic E-state index is -0.199. The van der Waals surface area contributed by atoms with Crippen LogP contribution in [0.5, 0.6) is 0 Å². The van der Waals surface area contributed by atoms with E-state index in [1.165, 1.54) is 6.92 Å². The molecule has 3 nitrogen and oxygen atoms in total. The van der Waals surface area contributed by atoms with E-state index in [9.17, 15) is 4.79 Å². The highest BCUT2D eigenvalue weighted by Crippen LogP contribution is 2.22. The van der Waals surface area contributed by atoms with Gasteiger partial charge in [0.25, 0.3) is 0 Å². The number of ketones is 1. The van der Waals surface area contributed by atoms with Crippen molar-refractivity contribution in [2.45, 2.75) is 33.2 Å². The lowest BCUT2D eigenvalue weighted by molar-refractivity contribution is -0.111. The van der Waals surface area contributed by atoms with Gasteiger partial charge in [0.15, 0.2) is 5.78 Å². The normalized spacial score (nSPS) is 23.7. The van der Waals surface area contributed by atoms with Gasteiger partial charge in [0.1, 0.15) is 5.71 Å². The number of allylic oxidation sites excluding steroid dienone is 1. The van der Waals surface area contributed by atoms with Gasteiger partial charge in [-0.3, -0.25) is 10.2 Å². The fraction of sp³-hybridized carbons (Fsp3) is 0.556. The van der Waals surface area contributed by atoms with Crippen molar-refractivity contribution >= 4 is 11.5 Å². The highest BCUT2D eigenvalue weighted by atomic mass is 16.1. The molecule has 66 valence electrons. The SMILES string of the molecule is C/C=C1/C(C(C)=O)=NNC1(C)C. The molecule has 0 fully saturated rings. The Labute approximate surface area is 72.5 Å². The van der Waals surface area contributed by atoms with E-state index in [1.807, 2.05) is 26.8 Å². The Kier molecular flexibility index (Phi) is 2.04. The smallest absolute Gasteiger partial charge is 0.180 e. The first-order valence-corrected chi connectivity index (χ1v) is 4.02. The van der Waals surface area contributed by atoms with Gasteiger partial charge in [0.2, 0.25) is 0 Å². The number of rotatable bonds is 1. The van der Waals surface area contributed by atoms with Gasteiger partial charge in [-0.1, -0.05) is 6.08 Å². The third-order valence-electron chi connectivity index (χ3n) is 2.00. The molecule has 0 unspecified atom stereocenters. The largest absolute Gasteiger partial charge is 0.299 e. The molecule has 0 aliphatic carbocycles. The number of nitrogens with zero attached hydrogens (tertiary/aromatic N) is 1. The summed E-state index contributed by atoms with van der Waals surface area (Å²) in [6.07, 6.45) is 1.93. The topological polar surface area (TPSA) is 41.5 Å². The fourth-order valence-electron chi connectivity index (χ4n) is 1.38. The summed E-state index contributed by atoms with van der Waals surface area (Å²) in [6.45, 7) is 7.46. The molecule has 0 amide bonds. The first-order valence-electron chi connectivity index (χ1n) is 4.02. The highest BCUT2D eigenvalue weighted by molar-refractivity contribution is 6.46. The molecule has 1 N–H and O–H groups in total. The molecule has 1 aliphatic rings. The molecule has 1 heterocycles. The van der Waals surface area contributed by atoms with Crippen LogP contribution in [0.1, 0.15) is 27.7 Å². The van der Waals surface area contributed by atoms with Crippen molar-refractivity contribution in [1.82, 2.24) is 5.43 Å². The second-order valence-electron chi connectivity index (χ2n) is 3.46. The summed E-state index contributed by atoms with van der Waals surface area (Å²) < 4.78 is 0. The Balaban J connectivity index is 3.04. The van der Waals surface area contributed by atoms with Crippen LogP contribution in [0, 0.1) is 0 Å². The molecule has 0 saturated carbocycles. The molecule has 1 rings (SSSR count). The van der Waals surface area contributed by atoms with Crippen LogP contribution in [0.2, 0.25) is 0 Å². The van der Waals surface area contributed by atoms with Crippen molar-refractivity contribution in [2.24, 2.45) is 5.10 Å². The third-order valence-corrected chi connectivity index (χ3v) is 2.00. The molecule has 0 aromatic rings. The zero-order valence-electron chi connectivity index (χ0n) is 7.93. The molecule has 0 aromatic carbocycles. The van der Waals surface area contributed by atoms with Gasteiger partial charge in [-0.2, -0.15) is 5.10 Å². The molecule has 12 heavy (non-hydrogen) atoms. The van der Waals surface area contributed by atoms with Crippen molar-refractivity contribution in [3.05, 3.63) is 11.6 Å². The molecule has 1 aliphatic heterocycles. The first kappa shape index (κ1) is 8.97. The van der Waals surface area contributed by atoms with Crippen LogP contribution >= 0.6 is 0 Å². The quantitative estimate of drug-likeness (QED) is 0.637. The van der Waals surface area contributed by atoms with E-state index >= 15 is 0 Å². The maximum absolute atomic E-state index is 11.1. The summed E-state index contributed by atoms with van der Waals surface area (Å²) in [5.41, 5.74) is 4.27. The number of hydrogen-bond acceptors (Lipinski definition) is 3. The van der Waals surface area contributed by atoms with E-state index in [-0.39, 0.29) is 11.3 Å². The number of carbonyl (C=O) groups is 1. The van der Waals surface area contributed by atoms with Gasteiger partial charge < -0.3 is 0 Å². The Morgan fingerprint density at radius 3 is 2.50 bits per heavy atom. The number of Topliss-reactive ketones (excluding diaryl/α,β-unsaturated/α-hetero) is 1. The van der Waals surface area contributed by atoms with Gasteiger partial charge in [0.05, 0.1) is 5.54 Å². The lowest BCUT2D eigenvalue weighted by Gasteiger charge is -2.19. The van der Waals surface area contributed by atoms with Gasteiger partial charge in [-0.25, -0.2) is 0 Å². The summed E-state index contributed by atoms with van der Waals surface area (Å²) in [5, 5.41) is 3.99. The van der Waals surface area contributed by atoms with E-state index in [2.05, 4.69) is 10.5 Å². The Bertz CT molecular complexity index is 274. The van der Waals surface area contributed by atoms with Crippen LogP contribution in [-0.4, -0.2) is 17.0 Å². The molecule has 0 atom stereocenters. The van der Waals surface area contributed by atoms with E-state index in [0.29, 0.717) is 5.71 Å². The van der Waals surface area contributed by atoms with Crippen LogP contribution in [0.25, 0.3) is 0 Å². The van der Waals surface area contributed by atoms with E-state index in [4.69, 9.17) is 0 Å². The van der Waals surface area contributed by atoms with E-state index in [0.717, 1.165) is 5.57 Å². The number of nitrogens with one attached hydrogen (secondary N) is 1. The van der Waals surface area contributed by atoms with Gasteiger partial charge in [-0.15, -0.1) is 0 Å². The minimum Gasteiger partial charge on any atom is -0.299 e. The maximum atomic E-state index is 11.1. The zero-order valence-corrected chi connectivity index (χ0v) is 7.93. The van der Waals surface area contributed by atoms with Crippen LogP contribution in [0.4, 0.5) is 0 Å². The summed E-state index contributed by atoms with van der Waals surface area (Å²) in [6, 6.07) is 0. The predicted octanol–water partition coefficient (Wildman–Crippen LogP) is 1.26. The second-order valence-corrected chi connectivity index (χ2v) is 3.46. The summed E-state index contributed by atoms with van der Waals surface area (Å²) in [4.78, 5) is 11.1. The number of carbonyl (C=O) groups excluding carboxylic acids is 1. The highest BCUT2D eigenvalue weighted by Gasteiger charge is 2.33. The maximum Gasteiger partial charge on any atom is 0.180 e. The van der Waals surface area contributed by atoms with Crippen molar-refractivity contribution in [1.29, 1.82) is 0 Å². The monoisotopic (exact) mass is 166 g/mol. The molecular weight excluding hydrogens is 152 g/mol. The van der Waals surface area contributed by atoms with Crippen LogP contribution < -0.4 is 5.43 Å². The molecule has 0 aromatic heterocycles. The minimum absolute atomic E-state index is 0.0150. The lowest BCUT2D eigenvalue weighted by Crippen LogP contribution is -2.34. The van der Waals surface area contributed by atoms with Gasteiger partial charge in [0, 0.05) is 12.5 Å². The Morgan fingerprint density at radius 1 is 1.58 bits per heavy atom.